The van der Waals surface area contributed by atoms with Crippen LogP contribution in [0.2, 0.25) is 0 Å². The molecule has 0 spiro atoms. The summed E-state index contributed by atoms with van der Waals surface area (Å²) in [7, 11) is 0. The van der Waals surface area contributed by atoms with Crippen molar-refractivity contribution >= 4 is 0 Å². The molecule has 1 unspecified atom stereocenters. The summed E-state index contributed by atoms with van der Waals surface area (Å²) in [4.78, 5) is 4.17. The molecule has 1 atom stereocenters. The van der Waals surface area contributed by atoms with Gasteiger partial charge >= 0.3 is 0 Å². The van der Waals surface area contributed by atoms with Crippen LogP contribution in [-0.4, -0.2) is 16.2 Å². The van der Waals surface area contributed by atoms with Gasteiger partial charge in [0.15, 0.2) is 5.82 Å². The highest BCUT2D eigenvalue weighted by Crippen LogP contribution is 2.28. The monoisotopic (exact) mass is 223 g/mol. The molecule has 0 bridgehead atoms. The van der Waals surface area contributed by atoms with Crippen LogP contribution in [0.5, 0.6) is 0 Å². The molecule has 1 aromatic rings. The topological polar surface area (TPSA) is 51.0 Å². The van der Waals surface area contributed by atoms with Gasteiger partial charge in [0.05, 0.1) is 6.54 Å². The molecule has 0 radical (unpaired) electrons. The quantitative estimate of drug-likeness (QED) is 0.833. The van der Waals surface area contributed by atoms with Gasteiger partial charge in [0, 0.05) is 6.04 Å². The lowest BCUT2D eigenvalue weighted by Gasteiger charge is -2.16. The Morgan fingerprint density at radius 2 is 2.19 bits per heavy atom. The van der Waals surface area contributed by atoms with Gasteiger partial charge in [-0.2, -0.15) is 4.98 Å². The molecule has 1 aliphatic carbocycles. The molecule has 1 aliphatic rings. The van der Waals surface area contributed by atoms with E-state index in [0.29, 0.717) is 24.3 Å². The summed E-state index contributed by atoms with van der Waals surface area (Å²) in [5.41, 5.74) is 0. The van der Waals surface area contributed by atoms with Gasteiger partial charge in [0.25, 0.3) is 0 Å². The highest BCUT2D eigenvalue weighted by atomic mass is 16.5. The van der Waals surface area contributed by atoms with E-state index in [9.17, 15) is 0 Å². The van der Waals surface area contributed by atoms with Crippen molar-refractivity contribution in [2.24, 2.45) is 5.92 Å². The van der Waals surface area contributed by atoms with Crippen LogP contribution < -0.4 is 5.32 Å². The van der Waals surface area contributed by atoms with Gasteiger partial charge in [-0.3, -0.25) is 0 Å². The standard InChI is InChI=1S/C12H21N3O/c1-9(7-11-5-3-4-6-11)13-8-12-14-10(2)15-16-12/h9,11,13H,3-8H2,1-2H3. The van der Waals surface area contributed by atoms with Crippen molar-refractivity contribution in [2.75, 3.05) is 0 Å². The third-order valence-electron chi connectivity index (χ3n) is 3.33. The molecule has 1 aromatic heterocycles. The van der Waals surface area contributed by atoms with Crippen molar-refractivity contribution < 1.29 is 4.52 Å². The fourth-order valence-electron chi connectivity index (χ4n) is 2.50. The molecule has 0 saturated heterocycles. The van der Waals surface area contributed by atoms with Crippen molar-refractivity contribution in [3.63, 3.8) is 0 Å². The maximum Gasteiger partial charge on any atom is 0.240 e. The molecular weight excluding hydrogens is 202 g/mol. The van der Waals surface area contributed by atoms with E-state index in [1.54, 1.807) is 0 Å². The van der Waals surface area contributed by atoms with E-state index in [1.807, 2.05) is 6.92 Å². The highest BCUT2D eigenvalue weighted by molar-refractivity contribution is 4.83. The third-order valence-corrected chi connectivity index (χ3v) is 3.33. The van der Waals surface area contributed by atoms with Crippen molar-refractivity contribution in [1.29, 1.82) is 0 Å². The first-order chi connectivity index (χ1) is 7.74. The number of nitrogens with zero attached hydrogens (tertiary/aromatic N) is 2. The lowest BCUT2D eigenvalue weighted by molar-refractivity contribution is 0.341. The number of hydrogen-bond donors (Lipinski definition) is 1. The predicted octanol–water partition coefficient (Wildman–Crippen LogP) is 2.44. The van der Waals surface area contributed by atoms with E-state index >= 15 is 0 Å². The molecule has 4 nitrogen and oxygen atoms in total. The van der Waals surface area contributed by atoms with E-state index in [0.717, 1.165) is 5.92 Å². The molecule has 0 amide bonds. The molecule has 1 fully saturated rings. The lowest BCUT2D eigenvalue weighted by atomic mass is 9.99. The first kappa shape index (κ1) is 11.6. The number of rotatable bonds is 5. The van der Waals surface area contributed by atoms with E-state index in [1.165, 1.54) is 32.1 Å². The Labute approximate surface area is 96.8 Å². The van der Waals surface area contributed by atoms with Crippen molar-refractivity contribution in [1.82, 2.24) is 15.5 Å². The second kappa shape index (κ2) is 5.43. The van der Waals surface area contributed by atoms with E-state index in [2.05, 4.69) is 22.4 Å². The zero-order valence-electron chi connectivity index (χ0n) is 10.2. The third kappa shape index (κ3) is 3.30. The zero-order valence-corrected chi connectivity index (χ0v) is 10.2. The summed E-state index contributed by atoms with van der Waals surface area (Å²) in [5, 5.41) is 7.21. The van der Waals surface area contributed by atoms with Crippen molar-refractivity contribution in [3.05, 3.63) is 11.7 Å². The van der Waals surface area contributed by atoms with Crippen molar-refractivity contribution in [3.8, 4) is 0 Å². The first-order valence-corrected chi connectivity index (χ1v) is 6.26. The van der Waals surface area contributed by atoms with Gasteiger partial charge in [-0.05, 0) is 26.2 Å². The number of nitrogens with one attached hydrogen (secondary N) is 1. The maximum absolute atomic E-state index is 5.06. The van der Waals surface area contributed by atoms with Crippen LogP contribution >= 0.6 is 0 Å². The fourth-order valence-corrected chi connectivity index (χ4v) is 2.50. The predicted molar refractivity (Wildman–Crippen MR) is 61.9 cm³/mol. The van der Waals surface area contributed by atoms with E-state index in [4.69, 9.17) is 4.52 Å². The molecule has 16 heavy (non-hydrogen) atoms. The number of hydrogen-bond acceptors (Lipinski definition) is 4. The van der Waals surface area contributed by atoms with E-state index in [-0.39, 0.29) is 0 Å². The van der Waals surface area contributed by atoms with Crippen LogP contribution in [0.3, 0.4) is 0 Å². The Hall–Kier alpha value is -0.900. The molecule has 90 valence electrons. The van der Waals surface area contributed by atoms with Crippen LogP contribution in [-0.2, 0) is 6.54 Å². The summed E-state index contributed by atoms with van der Waals surface area (Å²) in [6.45, 7) is 4.77. The normalized spacial score (nSPS) is 19.1. The molecule has 1 saturated carbocycles. The number of aryl methyl sites for hydroxylation is 1. The molecule has 1 heterocycles. The average molecular weight is 223 g/mol. The minimum atomic E-state index is 0.537. The van der Waals surface area contributed by atoms with Crippen LogP contribution in [0, 0.1) is 12.8 Å². The Morgan fingerprint density at radius 3 is 2.81 bits per heavy atom. The minimum Gasteiger partial charge on any atom is -0.338 e. The largest absolute Gasteiger partial charge is 0.338 e. The van der Waals surface area contributed by atoms with Gasteiger partial charge < -0.3 is 9.84 Å². The molecule has 2 rings (SSSR count). The van der Waals surface area contributed by atoms with E-state index < -0.39 is 0 Å². The van der Waals surface area contributed by atoms with Gasteiger partial charge in [-0.25, -0.2) is 0 Å². The maximum atomic E-state index is 5.06. The second-order valence-corrected chi connectivity index (χ2v) is 4.90. The Balaban J connectivity index is 1.68. The van der Waals surface area contributed by atoms with Crippen LogP contribution in [0.25, 0.3) is 0 Å². The second-order valence-electron chi connectivity index (χ2n) is 4.90. The molecule has 4 heteroatoms. The minimum absolute atomic E-state index is 0.537. The Bertz CT molecular complexity index is 318. The van der Waals surface area contributed by atoms with Crippen LogP contribution in [0.1, 0.15) is 50.7 Å². The highest BCUT2D eigenvalue weighted by Gasteiger charge is 2.17. The van der Waals surface area contributed by atoms with Gasteiger partial charge in [-0.1, -0.05) is 30.8 Å². The van der Waals surface area contributed by atoms with Gasteiger partial charge in [0.1, 0.15) is 0 Å². The summed E-state index contributed by atoms with van der Waals surface area (Å²) in [5.74, 6) is 2.32. The fraction of sp³-hybridized carbons (Fsp3) is 0.833. The summed E-state index contributed by atoms with van der Waals surface area (Å²) in [6.07, 6.45) is 6.92. The average Bonchev–Trinajstić information content (AvgIpc) is 2.87. The summed E-state index contributed by atoms with van der Waals surface area (Å²) >= 11 is 0. The Kier molecular flexibility index (Phi) is 3.93. The van der Waals surface area contributed by atoms with Crippen LogP contribution in [0.4, 0.5) is 0 Å². The first-order valence-electron chi connectivity index (χ1n) is 6.26. The van der Waals surface area contributed by atoms with Crippen LogP contribution in [0.15, 0.2) is 4.52 Å². The van der Waals surface area contributed by atoms with Gasteiger partial charge in [-0.15, -0.1) is 0 Å². The summed E-state index contributed by atoms with van der Waals surface area (Å²) in [6, 6.07) is 0.537. The van der Waals surface area contributed by atoms with Gasteiger partial charge in [0.2, 0.25) is 5.89 Å². The summed E-state index contributed by atoms with van der Waals surface area (Å²) < 4.78 is 5.06. The molecule has 1 N–H and O–H groups in total. The van der Waals surface area contributed by atoms with Crippen molar-refractivity contribution in [2.45, 2.75) is 58.5 Å². The lowest BCUT2D eigenvalue weighted by Crippen LogP contribution is -2.27. The molecule has 0 aromatic carbocycles. The Morgan fingerprint density at radius 1 is 1.44 bits per heavy atom. The SMILES string of the molecule is Cc1noc(CNC(C)CC2CCCC2)n1. The molecular formula is C12H21N3O. The zero-order chi connectivity index (χ0) is 11.4. The number of aromatic nitrogens is 2. The molecule has 0 aliphatic heterocycles. The smallest absolute Gasteiger partial charge is 0.240 e.